The maximum Gasteiger partial charge on any atom is 0.265 e. The normalized spacial score (nSPS) is 14.8. The van der Waals surface area contributed by atoms with Crippen molar-refractivity contribution in [2.75, 3.05) is 40.1 Å². The number of anilines is 2. The summed E-state index contributed by atoms with van der Waals surface area (Å²) in [4.78, 5) is 10.2. The Hall–Kier alpha value is -5.66. The molecule has 0 atom stereocenters. The molecular weight excluding hydrogens is 1240 g/mol. The molecule has 0 saturated carbocycles. The Labute approximate surface area is 516 Å². The van der Waals surface area contributed by atoms with Crippen LogP contribution in [-0.2, 0) is 43.9 Å². The van der Waals surface area contributed by atoms with Gasteiger partial charge in [-0.25, -0.2) is 0 Å². The second-order valence-electron chi connectivity index (χ2n) is 19.6. The highest BCUT2D eigenvalue weighted by Gasteiger charge is 2.30. The molecule has 11 rings (SSSR count). The summed E-state index contributed by atoms with van der Waals surface area (Å²) in [5, 5.41) is 9.96. The Morgan fingerprint density at radius 3 is 1.74 bits per heavy atom. The summed E-state index contributed by atoms with van der Waals surface area (Å²) in [6, 6.07) is 42.3. The van der Waals surface area contributed by atoms with Crippen molar-refractivity contribution < 1.29 is 48.0 Å². The van der Waals surface area contributed by atoms with Gasteiger partial charge in [-0.15, -0.1) is 0 Å². The number of aryl methyl sites for hydroxylation is 2. The largest absolute Gasteiger partial charge is 0.335 e. The zero-order valence-electron chi connectivity index (χ0n) is 46.0. The van der Waals surface area contributed by atoms with Gasteiger partial charge in [0, 0.05) is 75.3 Å². The molecule has 84 heavy (non-hydrogen) atoms. The number of halogens is 2. The van der Waals surface area contributed by atoms with Gasteiger partial charge in [0.2, 0.25) is 11.0 Å². The Kier molecular flexibility index (Phi) is 20.8. The molecule has 0 radical (unpaired) electrons. The molecule has 0 fully saturated rings. The third-order valence-corrected chi connectivity index (χ3v) is 21.1. The SMILES string of the molecule is CCC(/C=C1\Sc2ccc(Cl)cc2N1CCCS(=O)(=O)O)=C\c1sc2ccc(Cl)cc2[n+]1CCCS(=O)(=O)O.CCC(=Cc1sc2ccc3ccccc3c2[n+]1C)C=C1Sc2ccc3ccccc3c2N1CCCS(=O)(=O)O.c1ccncc1. The van der Waals surface area contributed by atoms with Crippen LogP contribution < -0.4 is 18.9 Å². The van der Waals surface area contributed by atoms with E-state index in [2.05, 4.69) is 101 Å². The highest BCUT2D eigenvalue weighted by atomic mass is 35.5. The first-order chi connectivity index (χ1) is 40.1. The summed E-state index contributed by atoms with van der Waals surface area (Å²) in [5.41, 5.74) is 6.29. The summed E-state index contributed by atoms with van der Waals surface area (Å²) < 4.78 is 102. The molecule has 438 valence electrons. The molecule has 23 heteroatoms. The fraction of sp³-hybridized carbons (Fsp3) is 0.230. The number of fused-ring (bicyclic) bond motifs is 8. The fourth-order valence-corrected chi connectivity index (χ4v) is 16.2. The average Bonchev–Trinajstić information content (AvgIpc) is 3.55. The van der Waals surface area contributed by atoms with Gasteiger partial charge in [-0.1, -0.05) is 144 Å². The van der Waals surface area contributed by atoms with Crippen LogP contribution in [0.15, 0.2) is 183 Å². The van der Waals surface area contributed by atoms with Crippen LogP contribution in [0.25, 0.3) is 54.1 Å². The van der Waals surface area contributed by atoms with Crippen LogP contribution in [0.1, 0.15) is 56.0 Å². The van der Waals surface area contributed by atoms with E-state index in [1.165, 1.54) is 31.6 Å². The van der Waals surface area contributed by atoms with E-state index in [4.69, 9.17) is 23.2 Å². The van der Waals surface area contributed by atoms with Crippen molar-refractivity contribution in [3.63, 3.8) is 0 Å². The number of hydrogen-bond acceptors (Lipinski definition) is 13. The number of benzene rings is 6. The quantitative estimate of drug-likeness (QED) is 0.0543. The van der Waals surface area contributed by atoms with E-state index in [0.29, 0.717) is 42.5 Å². The third-order valence-electron chi connectivity index (χ3n) is 13.7. The molecule has 3 N–H and O–H groups in total. The lowest BCUT2D eigenvalue weighted by Gasteiger charge is -2.22. The monoisotopic (exact) mass is 1300 g/mol. The summed E-state index contributed by atoms with van der Waals surface area (Å²) >= 11 is 19.1. The second kappa shape index (κ2) is 27.8. The van der Waals surface area contributed by atoms with Crippen molar-refractivity contribution >= 4 is 165 Å². The Bertz CT molecular complexity index is 4350. The molecule has 5 heterocycles. The molecule has 14 nitrogen and oxygen atoms in total. The Morgan fingerprint density at radius 2 is 1.11 bits per heavy atom. The standard InChI is InChI=1S/C31H28N2O3S3.C25H26Cl2N2O6S4.C5H5N/c1-3-21(19-28-32(2)30-24-11-6-4-9-22(24)13-15-26(30)37-28)20-29-33(17-8-18-39(34,35)36)31-25-12-7-5-10-23(25)14-16-27(31)38-29;1-2-17(13-24-28(9-3-11-38(30,31)32)20-15-18(26)5-7-22(20)36-24)14-25-29(10-4-12-39(33,34)35)21-16-19(27)6-8-23(21)37-25;1-2-4-6-5-3-1/h4-7,9-16,19-20H,3,8,17-18H2,1-2H3;5-8,13-16H,2-4,9-12H2,1H3,(H-,30,31,32,33,34,35);1-5H/p+2. The van der Waals surface area contributed by atoms with Crippen LogP contribution in [0.2, 0.25) is 10.0 Å². The van der Waals surface area contributed by atoms with Gasteiger partial charge in [-0.3, -0.25) is 18.6 Å². The first kappa shape index (κ1) is 62.9. The number of hydrogen-bond donors (Lipinski definition) is 3. The van der Waals surface area contributed by atoms with E-state index in [9.17, 15) is 38.9 Å². The Balaban J connectivity index is 0.000000183. The minimum absolute atomic E-state index is 0.235. The second-order valence-corrected chi connectivity index (χ2v) is 29.5. The minimum Gasteiger partial charge on any atom is -0.335 e. The number of nitrogens with zero attached hydrogens (tertiary/aromatic N) is 5. The third kappa shape index (κ3) is 16.2. The van der Waals surface area contributed by atoms with Crippen LogP contribution >= 0.6 is 69.4 Å². The summed E-state index contributed by atoms with van der Waals surface area (Å²) in [5.74, 6) is -0.951. The molecule has 9 aromatic rings. The maximum atomic E-state index is 11.5. The van der Waals surface area contributed by atoms with E-state index in [1.54, 1.807) is 70.7 Å². The predicted octanol–water partition coefficient (Wildman–Crippen LogP) is 14.9. The van der Waals surface area contributed by atoms with Crippen molar-refractivity contribution in [2.24, 2.45) is 7.05 Å². The van der Waals surface area contributed by atoms with Gasteiger partial charge in [0.1, 0.15) is 16.4 Å². The van der Waals surface area contributed by atoms with E-state index < -0.39 is 30.4 Å². The van der Waals surface area contributed by atoms with E-state index >= 15 is 0 Å². The predicted molar refractivity (Wildman–Crippen MR) is 349 cm³/mol. The van der Waals surface area contributed by atoms with Crippen molar-refractivity contribution in [1.82, 2.24) is 4.98 Å². The number of aromatic nitrogens is 3. The van der Waals surface area contributed by atoms with Crippen LogP contribution in [0, 0.1) is 0 Å². The van der Waals surface area contributed by atoms with Crippen molar-refractivity contribution in [3.05, 3.63) is 193 Å². The number of allylic oxidation sites excluding steroid dienone is 4. The Morgan fingerprint density at radius 1 is 0.583 bits per heavy atom. The van der Waals surface area contributed by atoms with E-state index in [1.807, 2.05) is 83.1 Å². The molecule has 0 amide bonds. The first-order valence-corrected chi connectivity index (χ1v) is 35.7. The molecule has 0 bridgehead atoms. The smallest absolute Gasteiger partial charge is 0.265 e. The highest BCUT2D eigenvalue weighted by Crippen LogP contribution is 2.51. The van der Waals surface area contributed by atoms with E-state index in [0.717, 1.165) is 69.2 Å². The van der Waals surface area contributed by atoms with Gasteiger partial charge in [-0.2, -0.15) is 34.4 Å². The molecule has 0 spiro atoms. The van der Waals surface area contributed by atoms with Gasteiger partial charge in [0.05, 0.1) is 44.1 Å². The van der Waals surface area contributed by atoms with Crippen molar-refractivity contribution in [1.29, 1.82) is 0 Å². The lowest BCUT2D eigenvalue weighted by atomic mass is 10.1. The lowest BCUT2D eigenvalue weighted by molar-refractivity contribution is -0.668. The zero-order valence-corrected chi connectivity index (χ0v) is 53.2. The number of pyridine rings is 1. The molecule has 0 unspecified atom stereocenters. The highest BCUT2D eigenvalue weighted by molar-refractivity contribution is 8.04. The molecule has 2 aliphatic rings. The van der Waals surface area contributed by atoms with Crippen LogP contribution in [0.4, 0.5) is 11.4 Å². The topological polar surface area (TPSA) is 190 Å². The summed E-state index contributed by atoms with van der Waals surface area (Å²) in [6.07, 6.45) is 14.5. The average molecular weight is 1300 g/mol. The fourth-order valence-electron chi connectivity index (χ4n) is 9.76. The summed E-state index contributed by atoms with van der Waals surface area (Å²) in [6.45, 7) is 5.44. The first-order valence-electron chi connectivity index (χ1n) is 26.8. The van der Waals surface area contributed by atoms with Crippen LogP contribution in [0.5, 0.6) is 0 Å². The minimum atomic E-state index is -4.08. The molecular formula is C61H61Cl2N5O9S7+2. The van der Waals surface area contributed by atoms with Gasteiger partial charge >= 0.3 is 0 Å². The lowest BCUT2D eigenvalue weighted by Crippen LogP contribution is -2.36. The molecule has 2 aliphatic heterocycles. The van der Waals surface area contributed by atoms with Crippen LogP contribution in [-0.4, -0.2) is 74.2 Å². The molecule has 0 aliphatic carbocycles. The maximum absolute atomic E-state index is 11.5. The molecule has 6 aromatic carbocycles. The van der Waals surface area contributed by atoms with Crippen molar-refractivity contribution in [2.45, 2.75) is 62.3 Å². The number of rotatable bonds is 18. The number of thiazole rings is 2. The van der Waals surface area contributed by atoms with Gasteiger partial charge in [-0.05, 0) is 120 Å². The van der Waals surface area contributed by atoms with Gasteiger partial charge in [0.15, 0.2) is 6.54 Å². The zero-order chi connectivity index (χ0) is 59.8. The van der Waals surface area contributed by atoms with Gasteiger partial charge in [0.25, 0.3) is 40.4 Å². The number of thioether (sulfide) groups is 2. The van der Waals surface area contributed by atoms with Gasteiger partial charge < -0.3 is 9.80 Å². The molecule has 0 saturated heterocycles. The van der Waals surface area contributed by atoms with Crippen LogP contribution in [0.3, 0.4) is 0 Å². The van der Waals surface area contributed by atoms with E-state index in [-0.39, 0.29) is 30.1 Å². The van der Waals surface area contributed by atoms with Crippen molar-refractivity contribution in [3.8, 4) is 0 Å². The molecule has 3 aromatic heterocycles. The summed E-state index contributed by atoms with van der Waals surface area (Å²) in [7, 11) is -10.0.